The summed E-state index contributed by atoms with van der Waals surface area (Å²) >= 11 is 0. The van der Waals surface area contributed by atoms with E-state index >= 15 is 0 Å². The first-order valence-corrected chi connectivity index (χ1v) is 6.65. The van der Waals surface area contributed by atoms with Crippen molar-refractivity contribution in [1.29, 1.82) is 5.26 Å². The number of nitriles is 1. The fourth-order valence-electron chi connectivity index (χ4n) is 1.38. The number of alkyl halides is 3. The second-order valence-electron chi connectivity index (χ2n) is 4.18. The second kappa shape index (κ2) is 4.18. The van der Waals surface area contributed by atoms with E-state index in [1.54, 1.807) is 0 Å². The Hall–Kier alpha value is -1.66. The standard InChI is InChI=1S/C10H8F3N3O2S/c11-10(12,13)8-2-1-7(5-15-8)19(17,18)16-9(6-14)3-4-9/h1-2,5,16H,3-4H2. The molecule has 1 aromatic rings. The van der Waals surface area contributed by atoms with E-state index in [0.29, 0.717) is 25.1 Å². The molecule has 0 unspecified atom stereocenters. The van der Waals surface area contributed by atoms with Crippen molar-refractivity contribution in [2.24, 2.45) is 0 Å². The molecule has 2 rings (SSSR count). The molecule has 9 heteroatoms. The van der Waals surface area contributed by atoms with Crippen molar-refractivity contribution in [2.45, 2.75) is 29.5 Å². The topological polar surface area (TPSA) is 82.9 Å². The third-order valence-corrected chi connectivity index (χ3v) is 4.15. The number of hydrogen-bond acceptors (Lipinski definition) is 4. The van der Waals surface area contributed by atoms with E-state index in [4.69, 9.17) is 5.26 Å². The Morgan fingerprint density at radius 1 is 1.37 bits per heavy atom. The van der Waals surface area contributed by atoms with Gasteiger partial charge in [-0.2, -0.15) is 23.2 Å². The first-order chi connectivity index (χ1) is 8.69. The van der Waals surface area contributed by atoms with Crippen LogP contribution >= 0.6 is 0 Å². The number of nitrogens with one attached hydrogen (secondary N) is 1. The highest BCUT2D eigenvalue weighted by Crippen LogP contribution is 2.36. The van der Waals surface area contributed by atoms with Crippen molar-refractivity contribution in [2.75, 3.05) is 0 Å². The maximum atomic E-state index is 12.3. The molecule has 5 nitrogen and oxygen atoms in total. The molecule has 0 bridgehead atoms. The predicted molar refractivity (Wildman–Crippen MR) is 57.1 cm³/mol. The van der Waals surface area contributed by atoms with Crippen LogP contribution in [0.2, 0.25) is 0 Å². The smallest absolute Gasteiger partial charge is 0.250 e. The van der Waals surface area contributed by atoms with Gasteiger partial charge in [-0.05, 0) is 25.0 Å². The van der Waals surface area contributed by atoms with E-state index in [1.807, 2.05) is 6.07 Å². The molecular weight excluding hydrogens is 283 g/mol. The van der Waals surface area contributed by atoms with Crippen LogP contribution in [0, 0.1) is 11.3 Å². The Labute approximate surface area is 107 Å². The van der Waals surface area contributed by atoms with Crippen LogP contribution in [0.5, 0.6) is 0 Å². The van der Waals surface area contributed by atoms with E-state index in [9.17, 15) is 21.6 Å². The highest BCUT2D eigenvalue weighted by molar-refractivity contribution is 7.89. The average Bonchev–Trinajstić information content (AvgIpc) is 3.08. The van der Waals surface area contributed by atoms with E-state index in [-0.39, 0.29) is 0 Å². The summed E-state index contributed by atoms with van der Waals surface area (Å²) in [6.07, 6.45) is -3.23. The Kier molecular flexibility index (Phi) is 3.03. The first kappa shape index (κ1) is 13.8. The summed E-state index contributed by atoms with van der Waals surface area (Å²) in [6, 6.07) is 3.22. The van der Waals surface area contributed by atoms with Crippen LogP contribution in [0.4, 0.5) is 13.2 Å². The number of halogens is 3. The molecule has 0 atom stereocenters. The Bertz CT molecular complexity index is 627. The molecule has 0 aliphatic heterocycles. The summed E-state index contributed by atoms with van der Waals surface area (Å²) in [7, 11) is -4.03. The van der Waals surface area contributed by atoms with Gasteiger partial charge in [-0.3, -0.25) is 4.98 Å². The fourth-order valence-corrected chi connectivity index (χ4v) is 2.71. The lowest BCUT2D eigenvalue weighted by Crippen LogP contribution is -2.35. The van der Waals surface area contributed by atoms with Crippen molar-refractivity contribution >= 4 is 10.0 Å². The van der Waals surface area contributed by atoms with Gasteiger partial charge in [-0.15, -0.1) is 0 Å². The largest absolute Gasteiger partial charge is 0.433 e. The van der Waals surface area contributed by atoms with Gasteiger partial charge in [0.2, 0.25) is 10.0 Å². The quantitative estimate of drug-likeness (QED) is 0.913. The summed E-state index contributed by atoms with van der Waals surface area (Å²) in [6.45, 7) is 0. The average molecular weight is 291 g/mol. The molecule has 0 radical (unpaired) electrons. The SMILES string of the molecule is N#CC1(NS(=O)(=O)c2ccc(C(F)(F)F)nc2)CC1. The molecule has 1 aliphatic carbocycles. The molecule has 1 aromatic heterocycles. The molecule has 19 heavy (non-hydrogen) atoms. The Morgan fingerprint density at radius 3 is 2.37 bits per heavy atom. The van der Waals surface area contributed by atoms with E-state index in [0.717, 1.165) is 6.07 Å². The zero-order chi connectivity index (χ0) is 14.3. The number of nitrogens with zero attached hydrogens (tertiary/aromatic N) is 2. The molecule has 0 spiro atoms. The van der Waals surface area contributed by atoms with Crippen LogP contribution in [-0.4, -0.2) is 18.9 Å². The van der Waals surface area contributed by atoms with Gasteiger partial charge in [-0.1, -0.05) is 0 Å². The number of pyridine rings is 1. The van der Waals surface area contributed by atoms with Crippen LogP contribution in [-0.2, 0) is 16.2 Å². The molecule has 1 fully saturated rings. The molecule has 1 N–H and O–H groups in total. The van der Waals surface area contributed by atoms with E-state index in [2.05, 4.69) is 9.71 Å². The Morgan fingerprint density at radius 2 is 2.00 bits per heavy atom. The molecule has 102 valence electrons. The van der Waals surface area contributed by atoms with Crippen LogP contribution in [0.25, 0.3) is 0 Å². The van der Waals surface area contributed by atoms with Gasteiger partial charge in [-0.25, -0.2) is 8.42 Å². The molecule has 0 amide bonds. The minimum atomic E-state index is -4.62. The number of sulfonamides is 1. The maximum absolute atomic E-state index is 12.3. The summed E-state index contributed by atoms with van der Waals surface area (Å²) in [5.74, 6) is 0. The molecule has 0 aromatic carbocycles. The molecular formula is C10H8F3N3O2S. The fraction of sp³-hybridized carbons (Fsp3) is 0.400. The van der Waals surface area contributed by atoms with Crippen molar-refractivity contribution in [1.82, 2.24) is 9.71 Å². The van der Waals surface area contributed by atoms with Crippen molar-refractivity contribution in [3.05, 3.63) is 24.0 Å². The van der Waals surface area contributed by atoms with Gasteiger partial charge < -0.3 is 0 Å². The predicted octanol–water partition coefficient (Wildman–Crippen LogP) is 1.43. The normalized spacial score (nSPS) is 17.8. The third kappa shape index (κ3) is 2.85. The Balaban J connectivity index is 2.25. The minimum Gasteiger partial charge on any atom is -0.250 e. The highest BCUT2D eigenvalue weighted by atomic mass is 32.2. The zero-order valence-corrected chi connectivity index (χ0v) is 10.2. The number of aromatic nitrogens is 1. The first-order valence-electron chi connectivity index (χ1n) is 5.17. The molecule has 1 saturated carbocycles. The van der Waals surface area contributed by atoms with Gasteiger partial charge in [0.1, 0.15) is 16.1 Å². The number of rotatable bonds is 3. The van der Waals surface area contributed by atoms with Crippen LogP contribution in [0.1, 0.15) is 18.5 Å². The van der Waals surface area contributed by atoms with Gasteiger partial charge in [0, 0.05) is 6.20 Å². The molecule has 0 saturated heterocycles. The lowest BCUT2D eigenvalue weighted by Gasteiger charge is -2.11. The third-order valence-electron chi connectivity index (χ3n) is 2.63. The zero-order valence-electron chi connectivity index (χ0n) is 9.40. The monoisotopic (exact) mass is 291 g/mol. The van der Waals surface area contributed by atoms with E-state index in [1.165, 1.54) is 0 Å². The molecule has 1 heterocycles. The molecule has 1 aliphatic rings. The highest BCUT2D eigenvalue weighted by Gasteiger charge is 2.47. The van der Waals surface area contributed by atoms with Gasteiger partial charge in [0.25, 0.3) is 0 Å². The maximum Gasteiger partial charge on any atom is 0.433 e. The summed E-state index contributed by atoms with van der Waals surface area (Å²) in [5.41, 5.74) is -2.30. The van der Waals surface area contributed by atoms with Crippen LogP contribution in [0.3, 0.4) is 0 Å². The summed E-state index contributed by atoms with van der Waals surface area (Å²) < 4.78 is 62.6. The van der Waals surface area contributed by atoms with E-state index < -0.39 is 32.3 Å². The lowest BCUT2D eigenvalue weighted by atomic mass is 10.3. The van der Waals surface area contributed by atoms with Crippen molar-refractivity contribution in [3.63, 3.8) is 0 Å². The second-order valence-corrected chi connectivity index (χ2v) is 5.86. The lowest BCUT2D eigenvalue weighted by molar-refractivity contribution is -0.141. The summed E-state index contributed by atoms with van der Waals surface area (Å²) in [5, 5.41) is 8.78. The minimum absolute atomic E-state index is 0.386. The van der Waals surface area contributed by atoms with Crippen molar-refractivity contribution < 1.29 is 21.6 Å². The number of hydrogen-bond donors (Lipinski definition) is 1. The van der Waals surface area contributed by atoms with Crippen LogP contribution in [0.15, 0.2) is 23.2 Å². The van der Waals surface area contributed by atoms with Gasteiger partial charge in [0.05, 0.1) is 6.07 Å². The van der Waals surface area contributed by atoms with Gasteiger partial charge >= 0.3 is 6.18 Å². The van der Waals surface area contributed by atoms with Gasteiger partial charge in [0.15, 0.2) is 0 Å². The van der Waals surface area contributed by atoms with Crippen LogP contribution < -0.4 is 4.72 Å². The van der Waals surface area contributed by atoms with Crippen molar-refractivity contribution in [3.8, 4) is 6.07 Å². The summed E-state index contributed by atoms with van der Waals surface area (Å²) in [4.78, 5) is 2.66.